The zero-order valence-corrected chi connectivity index (χ0v) is 30.2. The highest BCUT2D eigenvalue weighted by atomic mass is 16.7. The van der Waals surface area contributed by atoms with Crippen molar-refractivity contribution in [3.63, 3.8) is 0 Å². The quantitative estimate of drug-likeness (QED) is 0.0243. The van der Waals surface area contributed by atoms with Crippen molar-refractivity contribution in [2.45, 2.75) is 161 Å². The minimum Gasteiger partial charge on any atom is -0.545 e. The number of likely N-dealkylation sites (N-methyl/N-ethyl adjacent to an activating group) is 1. The number of aliphatic carboxylic acids is 1. The van der Waals surface area contributed by atoms with Gasteiger partial charge in [-0.2, -0.15) is 0 Å². The molecule has 0 aromatic rings. The smallest absolute Gasteiger partial charge is 0.306 e. The van der Waals surface area contributed by atoms with E-state index in [1.165, 1.54) is 57.8 Å². The molecule has 46 heavy (non-hydrogen) atoms. The molecule has 0 aromatic carbocycles. The normalized spacial score (nSPS) is 13.2. The number of hydrogen-bond donors (Lipinski definition) is 0. The fourth-order valence-electron chi connectivity index (χ4n) is 4.82. The van der Waals surface area contributed by atoms with Gasteiger partial charge in [-0.15, -0.1) is 0 Å². The Hall–Kier alpha value is -1.97. The summed E-state index contributed by atoms with van der Waals surface area (Å²) < 4.78 is 22.4. The minimum absolute atomic E-state index is 0.148. The molecule has 0 heterocycles. The Labute approximate surface area is 281 Å². The number of unbranched alkanes of at least 4 members (excludes halogenated alkanes) is 16. The molecule has 0 spiro atoms. The van der Waals surface area contributed by atoms with E-state index < -0.39 is 24.3 Å². The van der Waals surface area contributed by atoms with Crippen LogP contribution < -0.4 is 5.11 Å². The van der Waals surface area contributed by atoms with E-state index in [1.54, 1.807) is 0 Å². The minimum atomic E-state index is -1.61. The van der Waals surface area contributed by atoms with Crippen LogP contribution in [0.1, 0.15) is 149 Å². The molecular weight excluding hydrogens is 586 g/mol. The average Bonchev–Trinajstić information content (AvgIpc) is 3.00. The maximum atomic E-state index is 12.6. The molecule has 0 rings (SSSR count). The number of carbonyl (C=O) groups is 3. The number of hydrogen-bond acceptors (Lipinski definition) is 8. The number of ether oxygens (including phenoxy) is 4. The number of nitrogens with zero attached hydrogens (tertiary/aromatic N) is 1. The predicted molar refractivity (Wildman–Crippen MR) is 182 cm³/mol. The lowest BCUT2D eigenvalue weighted by atomic mass is 10.1. The van der Waals surface area contributed by atoms with Crippen LogP contribution in [-0.4, -0.2) is 82.3 Å². The van der Waals surface area contributed by atoms with E-state index >= 15 is 0 Å². The average molecular weight is 656 g/mol. The summed E-state index contributed by atoms with van der Waals surface area (Å²) in [6.07, 6.45) is 23.9. The van der Waals surface area contributed by atoms with Gasteiger partial charge in [-0.05, 0) is 38.5 Å². The maximum absolute atomic E-state index is 12.6. The van der Waals surface area contributed by atoms with Crippen molar-refractivity contribution in [1.82, 2.24) is 0 Å². The van der Waals surface area contributed by atoms with Gasteiger partial charge >= 0.3 is 11.9 Å². The first kappa shape index (κ1) is 44.0. The number of carboxylic acids is 1. The van der Waals surface area contributed by atoms with Gasteiger partial charge in [0, 0.05) is 12.8 Å². The molecule has 0 fully saturated rings. The van der Waals surface area contributed by atoms with Gasteiger partial charge in [0.2, 0.25) is 0 Å². The molecule has 0 saturated carbocycles. The molecule has 0 saturated heterocycles. The molecular formula is C37H69NO8. The lowest BCUT2D eigenvalue weighted by Gasteiger charge is -2.26. The van der Waals surface area contributed by atoms with Gasteiger partial charge in [-0.25, -0.2) is 0 Å². The van der Waals surface area contributed by atoms with Crippen LogP contribution in [0.25, 0.3) is 0 Å². The van der Waals surface area contributed by atoms with Crippen LogP contribution in [0.3, 0.4) is 0 Å². The van der Waals surface area contributed by atoms with E-state index in [0.29, 0.717) is 23.9 Å². The molecule has 2 atom stereocenters. The third-order valence-electron chi connectivity index (χ3n) is 7.76. The van der Waals surface area contributed by atoms with Gasteiger partial charge in [0.05, 0.1) is 40.3 Å². The Morgan fingerprint density at radius 3 is 1.65 bits per heavy atom. The Bertz CT molecular complexity index is 780. The number of rotatable bonds is 33. The molecule has 270 valence electrons. The molecule has 0 N–H and O–H groups in total. The van der Waals surface area contributed by atoms with E-state index in [0.717, 1.165) is 57.8 Å². The van der Waals surface area contributed by atoms with Crippen molar-refractivity contribution < 1.29 is 42.9 Å². The van der Waals surface area contributed by atoms with E-state index in [-0.39, 0.29) is 32.2 Å². The SMILES string of the molecule is CCCCC/C=C\CCCCCCCC(=O)OC(COC(=O)CCCCCCCCCCC)COC(OCC[N+](C)(C)C)C(=O)[O-]. The molecule has 0 bridgehead atoms. The first-order chi connectivity index (χ1) is 22.1. The van der Waals surface area contributed by atoms with Gasteiger partial charge in [-0.3, -0.25) is 9.59 Å². The number of allylic oxidation sites excluding steroid dienone is 2. The lowest BCUT2D eigenvalue weighted by molar-refractivity contribution is -0.870. The monoisotopic (exact) mass is 656 g/mol. The van der Waals surface area contributed by atoms with Gasteiger partial charge in [0.15, 0.2) is 12.4 Å². The van der Waals surface area contributed by atoms with E-state index in [9.17, 15) is 19.5 Å². The number of esters is 2. The fraction of sp³-hybridized carbons (Fsp3) is 0.865. The first-order valence-electron chi connectivity index (χ1n) is 18.3. The summed E-state index contributed by atoms with van der Waals surface area (Å²) in [5, 5.41) is 11.6. The molecule has 0 radical (unpaired) electrons. The fourth-order valence-corrected chi connectivity index (χ4v) is 4.82. The Kier molecular flexibility index (Phi) is 29.1. The highest BCUT2D eigenvalue weighted by Crippen LogP contribution is 2.13. The zero-order valence-electron chi connectivity index (χ0n) is 30.2. The van der Waals surface area contributed by atoms with Crippen molar-refractivity contribution in [3.8, 4) is 0 Å². The summed E-state index contributed by atoms with van der Waals surface area (Å²) in [7, 11) is 5.89. The van der Waals surface area contributed by atoms with Crippen LogP contribution in [-0.2, 0) is 33.3 Å². The standard InChI is InChI=1S/C37H69NO8/c1-6-8-10-12-14-16-17-18-20-22-24-26-28-35(40)46-33(32-45-37(36(41)42)43-30-29-38(3,4)5)31-44-34(39)27-25-23-21-19-15-13-11-9-7-2/h14,16,33,37H,6-13,15,17-32H2,1-5H3/b16-14-. The van der Waals surface area contributed by atoms with Gasteiger partial charge in [0.25, 0.3) is 0 Å². The van der Waals surface area contributed by atoms with Crippen LogP contribution in [0.15, 0.2) is 12.2 Å². The Morgan fingerprint density at radius 1 is 0.630 bits per heavy atom. The van der Waals surface area contributed by atoms with Gasteiger partial charge in [0.1, 0.15) is 13.2 Å². The van der Waals surface area contributed by atoms with Gasteiger partial charge < -0.3 is 33.3 Å². The zero-order chi connectivity index (χ0) is 34.3. The van der Waals surface area contributed by atoms with Crippen LogP contribution >= 0.6 is 0 Å². The van der Waals surface area contributed by atoms with Gasteiger partial charge in [-0.1, -0.05) is 109 Å². The second-order valence-electron chi connectivity index (χ2n) is 13.5. The van der Waals surface area contributed by atoms with Crippen molar-refractivity contribution in [1.29, 1.82) is 0 Å². The van der Waals surface area contributed by atoms with E-state index in [1.807, 2.05) is 21.1 Å². The molecule has 0 aromatic heterocycles. The van der Waals surface area contributed by atoms with Crippen molar-refractivity contribution in [2.24, 2.45) is 0 Å². The van der Waals surface area contributed by atoms with Crippen LogP contribution in [0, 0.1) is 0 Å². The summed E-state index contributed by atoms with van der Waals surface area (Å²) >= 11 is 0. The predicted octanol–water partition coefficient (Wildman–Crippen LogP) is 7.04. The Morgan fingerprint density at radius 2 is 1.11 bits per heavy atom. The second-order valence-corrected chi connectivity index (χ2v) is 13.5. The second kappa shape index (κ2) is 30.4. The maximum Gasteiger partial charge on any atom is 0.306 e. The van der Waals surface area contributed by atoms with Crippen molar-refractivity contribution in [3.05, 3.63) is 12.2 Å². The molecule has 0 aliphatic carbocycles. The third-order valence-corrected chi connectivity index (χ3v) is 7.76. The summed E-state index contributed by atoms with van der Waals surface area (Å²) in [5.41, 5.74) is 0. The lowest BCUT2D eigenvalue weighted by Crippen LogP contribution is -2.44. The number of quaternary nitrogens is 1. The highest BCUT2D eigenvalue weighted by molar-refractivity contribution is 5.70. The molecule has 0 amide bonds. The molecule has 9 nitrogen and oxygen atoms in total. The topological polar surface area (TPSA) is 111 Å². The largest absolute Gasteiger partial charge is 0.545 e. The summed E-state index contributed by atoms with van der Waals surface area (Å²) in [6, 6.07) is 0. The number of carboxylic acid groups (broad SMARTS) is 1. The molecule has 9 heteroatoms. The molecule has 0 aliphatic rings. The van der Waals surface area contributed by atoms with Crippen molar-refractivity contribution >= 4 is 17.9 Å². The first-order valence-corrected chi connectivity index (χ1v) is 18.3. The van der Waals surface area contributed by atoms with E-state index in [2.05, 4.69) is 26.0 Å². The summed E-state index contributed by atoms with van der Waals surface area (Å²) in [6.45, 7) is 4.66. The molecule has 2 unspecified atom stereocenters. The highest BCUT2D eigenvalue weighted by Gasteiger charge is 2.21. The number of carbonyl (C=O) groups excluding carboxylic acids is 3. The van der Waals surface area contributed by atoms with Crippen molar-refractivity contribution in [2.75, 3.05) is 47.5 Å². The summed E-state index contributed by atoms with van der Waals surface area (Å²) in [4.78, 5) is 36.6. The van der Waals surface area contributed by atoms with Crippen LogP contribution in [0.5, 0.6) is 0 Å². The Balaban J connectivity index is 4.58. The van der Waals surface area contributed by atoms with Crippen LogP contribution in [0.4, 0.5) is 0 Å². The third kappa shape index (κ3) is 30.7. The summed E-state index contributed by atoms with van der Waals surface area (Å²) in [5.74, 6) is -2.30. The van der Waals surface area contributed by atoms with E-state index in [4.69, 9.17) is 18.9 Å². The molecule has 0 aliphatic heterocycles. The van der Waals surface area contributed by atoms with Crippen LogP contribution in [0.2, 0.25) is 0 Å².